The molecule has 25 heavy (non-hydrogen) atoms. The third-order valence-electron chi connectivity index (χ3n) is 3.53. The summed E-state index contributed by atoms with van der Waals surface area (Å²) < 4.78 is 45.7. The van der Waals surface area contributed by atoms with Crippen LogP contribution in [0.25, 0.3) is 0 Å². The van der Waals surface area contributed by atoms with Crippen LogP contribution in [0, 0.1) is 0 Å². The van der Waals surface area contributed by atoms with Gasteiger partial charge >= 0.3 is 12.5 Å². The Morgan fingerprint density at radius 2 is 1.84 bits per heavy atom. The highest BCUT2D eigenvalue weighted by atomic mass is 19.4. The number of rotatable bonds is 3. The van der Waals surface area contributed by atoms with E-state index in [1.165, 1.54) is 24.3 Å². The van der Waals surface area contributed by atoms with Crippen molar-refractivity contribution >= 4 is 11.8 Å². The van der Waals surface area contributed by atoms with Crippen molar-refractivity contribution in [2.75, 3.05) is 18.4 Å². The smallest absolute Gasteiger partial charge is 0.444 e. The molecule has 1 aromatic rings. The molecule has 1 amide bonds. The Balaban J connectivity index is 1.91. The number of hydrogen-bond acceptors (Lipinski definition) is 4. The van der Waals surface area contributed by atoms with E-state index >= 15 is 0 Å². The van der Waals surface area contributed by atoms with Gasteiger partial charge in [0.15, 0.2) is 0 Å². The molecule has 1 atom stereocenters. The number of benzene rings is 1. The lowest BCUT2D eigenvalue weighted by Crippen LogP contribution is -2.46. The largest absolute Gasteiger partial charge is 0.573 e. The van der Waals surface area contributed by atoms with Gasteiger partial charge in [-0.15, -0.1) is 13.2 Å². The van der Waals surface area contributed by atoms with E-state index in [4.69, 9.17) is 4.74 Å². The lowest BCUT2D eigenvalue weighted by atomic mass is 10.1. The fourth-order valence-electron chi connectivity index (χ4n) is 2.58. The highest BCUT2D eigenvalue weighted by Crippen LogP contribution is 2.25. The van der Waals surface area contributed by atoms with Crippen molar-refractivity contribution in [2.45, 2.75) is 51.6 Å². The third-order valence-corrected chi connectivity index (χ3v) is 3.53. The highest BCUT2D eigenvalue weighted by Gasteiger charge is 2.31. The summed E-state index contributed by atoms with van der Waals surface area (Å²) in [6, 6.07) is 5.56. The minimum absolute atomic E-state index is 0.00986. The van der Waals surface area contributed by atoms with Crippen LogP contribution in [0.5, 0.6) is 5.75 Å². The zero-order valence-electron chi connectivity index (χ0n) is 14.5. The van der Waals surface area contributed by atoms with Crippen molar-refractivity contribution in [3.63, 3.8) is 0 Å². The van der Waals surface area contributed by atoms with Crippen LogP contribution in [-0.4, -0.2) is 42.1 Å². The summed E-state index contributed by atoms with van der Waals surface area (Å²) in [6.45, 7) is 6.56. The standard InChI is InChI=1S/C17H23F3N2O3/c1-16(2,3)25-15(23)22-10-4-5-13(11-22)21-12-6-8-14(9-7-12)24-17(18,19)20/h6-9,13,21H,4-5,10-11H2,1-3H3. The van der Waals surface area contributed by atoms with Crippen LogP contribution in [0.3, 0.4) is 0 Å². The molecule has 140 valence electrons. The molecule has 0 aromatic heterocycles. The van der Waals surface area contributed by atoms with Gasteiger partial charge in [-0.2, -0.15) is 0 Å². The summed E-state index contributed by atoms with van der Waals surface area (Å²) in [5, 5.41) is 3.23. The van der Waals surface area contributed by atoms with Gasteiger partial charge in [-0.1, -0.05) is 0 Å². The molecule has 1 aliphatic rings. The van der Waals surface area contributed by atoms with E-state index in [0.717, 1.165) is 12.8 Å². The number of nitrogens with one attached hydrogen (secondary N) is 1. The number of carbonyl (C=O) groups is 1. The van der Waals surface area contributed by atoms with Gasteiger partial charge in [0.25, 0.3) is 0 Å². The summed E-state index contributed by atoms with van der Waals surface area (Å²) in [6.07, 6.45) is -3.37. The van der Waals surface area contributed by atoms with Crippen molar-refractivity contribution in [3.05, 3.63) is 24.3 Å². The fourth-order valence-corrected chi connectivity index (χ4v) is 2.58. The summed E-state index contributed by atoms with van der Waals surface area (Å²) in [7, 11) is 0. The summed E-state index contributed by atoms with van der Waals surface area (Å²) in [5.74, 6) is -0.267. The number of alkyl halides is 3. The SMILES string of the molecule is CC(C)(C)OC(=O)N1CCCC(Nc2ccc(OC(F)(F)F)cc2)C1. The summed E-state index contributed by atoms with van der Waals surface area (Å²) >= 11 is 0. The Kier molecular flexibility index (Phi) is 5.69. The second-order valence-electron chi connectivity index (χ2n) is 6.98. The lowest BCUT2D eigenvalue weighted by Gasteiger charge is -2.34. The van der Waals surface area contributed by atoms with Crippen LogP contribution in [0.4, 0.5) is 23.7 Å². The number of hydrogen-bond donors (Lipinski definition) is 1. The summed E-state index contributed by atoms with van der Waals surface area (Å²) in [4.78, 5) is 13.8. The molecule has 1 aromatic carbocycles. The van der Waals surface area contributed by atoms with Gasteiger partial charge in [0.1, 0.15) is 11.4 Å². The molecule has 1 unspecified atom stereocenters. The molecule has 1 N–H and O–H groups in total. The molecular formula is C17H23F3N2O3. The Morgan fingerprint density at radius 1 is 1.20 bits per heavy atom. The van der Waals surface area contributed by atoms with Crippen molar-refractivity contribution in [1.82, 2.24) is 4.90 Å². The van der Waals surface area contributed by atoms with E-state index in [2.05, 4.69) is 10.1 Å². The van der Waals surface area contributed by atoms with Gasteiger partial charge in [-0.05, 0) is 57.9 Å². The van der Waals surface area contributed by atoms with Crippen LogP contribution in [0.2, 0.25) is 0 Å². The number of ether oxygens (including phenoxy) is 2. The minimum atomic E-state index is -4.70. The minimum Gasteiger partial charge on any atom is -0.444 e. The predicted molar refractivity (Wildman–Crippen MR) is 87.6 cm³/mol. The first-order valence-corrected chi connectivity index (χ1v) is 8.12. The Hall–Kier alpha value is -2.12. The van der Waals surface area contributed by atoms with E-state index in [0.29, 0.717) is 18.8 Å². The number of anilines is 1. The van der Waals surface area contributed by atoms with Crippen molar-refractivity contribution in [3.8, 4) is 5.75 Å². The zero-order valence-corrected chi connectivity index (χ0v) is 14.5. The molecule has 0 bridgehead atoms. The Morgan fingerprint density at radius 3 is 2.40 bits per heavy atom. The van der Waals surface area contributed by atoms with Crippen molar-refractivity contribution < 1.29 is 27.4 Å². The van der Waals surface area contributed by atoms with Gasteiger partial charge in [0, 0.05) is 24.8 Å². The molecule has 1 saturated heterocycles. The molecule has 1 heterocycles. The first kappa shape index (κ1) is 19.2. The molecule has 0 spiro atoms. The molecule has 0 saturated carbocycles. The van der Waals surface area contributed by atoms with E-state index in [9.17, 15) is 18.0 Å². The lowest BCUT2D eigenvalue weighted by molar-refractivity contribution is -0.274. The number of likely N-dealkylation sites (tertiary alicyclic amines) is 1. The number of amides is 1. The molecule has 1 aliphatic heterocycles. The molecular weight excluding hydrogens is 337 g/mol. The Labute approximate surface area is 145 Å². The van der Waals surface area contributed by atoms with Crippen LogP contribution in [0.1, 0.15) is 33.6 Å². The number of nitrogens with zero attached hydrogens (tertiary/aromatic N) is 1. The molecule has 0 aliphatic carbocycles. The first-order valence-electron chi connectivity index (χ1n) is 8.12. The maximum absolute atomic E-state index is 12.2. The molecule has 8 heteroatoms. The zero-order chi connectivity index (χ0) is 18.7. The molecule has 1 fully saturated rings. The Bertz CT molecular complexity index is 582. The second-order valence-corrected chi connectivity index (χ2v) is 6.98. The highest BCUT2D eigenvalue weighted by molar-refractivity contribution is 5.68. The van der Waals surface area contributed by atoms with Crippen molar-refractivity contribution in [2.24, 2.45) is 0 Å². The number of halogens is 3. The van der Waals surface area contributed by atoms with Crippen molar-refractivity contribution in [1.29, 1.82) is 0 Å². The topological polar surface area (TPSA) is 50.8 Å². The monoisotopic (exact) mass is 360 g/mol. The van der Waals surface area contributed by atoms with E-state index in [1.54, 1.807) is 4.90 Å². The van der Waals surface area contributed by atoms with Gasteiger partial charge in [-0.3, -0.25) is 0 Å². The number of piperidine rings is 1. The van der Waals surface area contributed by atoms with Crippen LogP contribution < -0.4 is 10.1 Å². The fraction of sp³-hybridized carbons (Fsp3) is 0.588. The normalized spacial score (nSPS) is 18.6. The molecule has 5 nitrogen and oxygen atoms in total. The van der Waals surface area contributed by atoms with E-state index in [1.807, 2.05) is 20.8 Å². The maximum atomic E-state index is 12.2. The van der Waals surface area contributed by atoms with Gasteiger partial charge < -0.3 is 19.7 Å². The quantitative estimate of drug-likeness (QED) is 0.868. The maximum Gasteiger partial charge on any atom is 0.573 e. The molecule has 2 rings (SSSR count). The average Bonchev–Trinajstić information content (AvgIpc) is 2.46. The predicted octanol–water partition coefficient (Wildman–Crippen LogP) is 4.40. The van der Waals surface area contributed by atoms with E-state index in [-0.39, 0.29) is 17.9 Å². The van der Waals surface area contributed by atoms with Crippen LogP contribution in [0.15, 0.2) is 24.3 Å². The third kappa shape index (κ3) is 6.72. The van der Waals surface area contributed by atoms with Crippen LogP contribution >= 0.6 is 0 Å². The second kappa shape index (κ2) is 7.41. The van der Waals surface area contributed by atoms with Gasteiger partial charge in [0.2, 0.25) is 0 Å². The van der Waals surface area contributed by atoms with E-state index < -0.39 is 12.0 Å². The molecule has 0 radical (unpaired) electrons. The number of carbonyl (C=O) groups excluding carboxylic acids is 1. The van der Waals surface area contributed by atoms with Gasteiger partial charge in [0.05, 0.1) is 0 Å². The van der Waals surface area contributed by atoms with Gasteiger partial charge in [-0.25, -0.2) is 4.79 Å². The van der Waals surface area contributed by atoms with Crippen LogP contribution in [-0.2, 0) is 4.74 Å². The summed E-state index contributed by atoms with van der Waals surface area (Å²) in [5.41, 5.74) is 0.122. The first-order chi connectivity index (χ1) is 11.5. The average molecular weight is 360 g/mol.